The fourth-order valence-corrected chi connectivity index (χ4v) is 3.03. The Morgan fingerprint density at radius 2 is 1.04 bits per heavy atom. The zero-order valence-electron chi connectivity index (χ0n) is 19.8. The van der Waals surface area contributed by atoms with Crippen LogP contribution in [-0.2, 0) is 9.47 Å². The lowest BCUT2D eigenvalue weighted by Crippen LogP contribution is -2.17. The molecule has 0 rings (SSSR count). The van der Waals surface area contributed by atoms with E-state index in [4.69, 9.17) is 9.47 Å². The summed E-state index contributed by atoms with van der Waals surface area (Å²) in [6, 6.07) is 0. The minimum atomic E-state index is -0.0565. The van der Waals surface area contributed by atoms with Gasteiger partial charge in [0.1, 0.15) is 0 Å². The average molecular weight is 391 g/mol. The van der Waals surface area contributed by atoms with Crippen LogP contribution in [-0.4, -0.2) is 19.5 Å². The smallest absolute Gasteiger partial charge is 0.157 e. The zero-order chi connectivity index (χ0) is 21.2. The number of hydrogen-bond acceptors (Lipinski definition) is 2. The maximum Gasteiger partial charge on any atom is 0.157 e. The molecule has 162 valence electrons. The Morgan fingerprint density at radius 3 is 1.50 bits per heavy atom. The minimum absolute atomic E-state index is 0.0565. The number of unbranched alkanes of at least 4 members (excludes halogenated alkanes) is 1. The minimum Gasteiger partial charge on any atom is -0.353 e. The third-order valence-corrected chi connectivity index (χ3v) is 4.75. The molecule has 2 heteroatoms. The Hall–Kier alpha value is -1.12. The maximum absolute atomic E-state index is 5.61. The normalized spacial score (nSPS) is 13.4. The van der Waals surface area contributed by atoms with Crippen molar-refractivity contribution < 1.29 is 9.47 Å². The largest absolute Gasteiger partial charge is 0.353 e. The average Bonchev–Trinajstić information content (AvgIpc) is 2.63. The zero-order valence-corrected chi connectivity index (χ0v) is 19.8. The van der Waals surface area contributed by atoms with E-state index < -0.39 is 0 Å². The first-order chi connectivity index (χ1) is 13.4. The molecule has 0 spiro atoms. The lowest BCUT2D eigenvalue weighted by Gasteiger charge is -2.16. The van der Waals surface area contributed by atoms with Crippen LogP contribution in [0.5, 0.6) is 0 Å². The third-order valence-electron chi connectivity index (χ3n) is 4.75. The van der Waals surface area contributed by atoms with Gasteiger partial charge in [0.25, 0.3) is 0 Å². The van der Waals surface area contributed by atoms with Gasteiger partial charge < -0.3 is 9.47 Å². The molecule has 28 heavy (non-hydrogen) atoms. The van der Waals surface area contributed by atoms with Gasteiger partial charge in [-0.1, -0.05) is 46.6 Å². The highest BCUT2D eigenvalue weighted by atomic mass is 16.7. The lowest BCUT2D eigenvalue weighted by molar-refractivity contribution is -0.139. The van der Waals surface area contributed by atoms with Crippen LogP contribution >= 0.6 is 0 Å². The maximum atomic E-state index is 5.61. The van der Waals surface area contributed by atoms with Crippen molar-refractivity contribution in [3.8, 4) is 0 Å². The molecule has 0 N–H and O–H groups in total. The van der Waals surface area contributed by atoms with Crippen LogP contribution in [0.3, 0.4) is 0 Å². The molecule has 2 nitrogen and oxygen atoms in total. The van der Waals surface area contributed by atoms with Crippen molar-refractivity contribution in [2.45, 2.75) is 106 Å². The predicted octanol–water partition coefficient (Wildman–Crippen LogP) is 8.31. The van der Waals surface area contributed by atoms with E-state index in [-0.39, 0.29) is 6.29 Å². The lowest BCUT2D eigenvalue weighted by atomic mass is 10.0. The molecule has 0 aromatic heterocycles. The first kappa shape index (κ1) is 26.9. The number of hydrogen-bond donors (Lipinski definition) is 0. The van der Waals surface area contributed by atoms with Gasteiger partial charge in [0, 0.05) is 19.6 Å². The second kappa shape index (κ2) is 17.9. The van der Waals surface area contributed by atoms with E-state index in [2.05, 4.69) is 58.9 Å². The Labute approximate surface area is 175 Å². The number of allylic oxidation sites excluding steroid dienone is 8. The molecule has 0 bridgehead atoms. The van der Waals surface area contributed by atoms with Crippen molar-refractivity contribution >= 4 is 0 Å². The Morgan fingerprint density at radius 1 is 0.607 bits per heavy atom. The molecule has 0 aliphatic carbocycles. The van der Waals surface area contributed by atoms with E-state index in [1.165, 1.54) is 41.6 Å². The molecule has 0 fully saturated rings. The Balaban J connectivity index is 4.06. The van der Waals surface area contributed by atoms with E-state index in [9.17, 15) is 0 Å². The monoisotopic (exact) mass is 390 g/mol. The molecule has 0 aliphatic heterocycles. The molecule has 0 aromatic rings. The molecule has 0 atom stereocenters. The predicted molar refractivity (Wildman–Crippen MR) is 125 cm³/mol. The molecule has 0 aliphatic rings. The highest BCUT2D eigenvalue weighted by Gasteiger charge is 2.07. The van der Waals surface area contributed by atoms with Crippen molar-refractivity contribution in [3.63, 3.8) is 0 Å². The van der Waals surface area contributed by atoms with Crippen LogP contribution in [0.1, 0.15) is 99.8 Å². The van der Waals surface area contributed by atoms with Crippen molar-refractivity contribution in [3.05, 3.63) is 46.6 Å². The van der Waals surface area contributed by atoms with Crippen LogP contribution in [0.4, 0.5) is 0 Å². The van der Waals surface area contributed by atoms with Crippen molar-refractivity contribution in [2.75, 3.05) is 13.2 Å². The van der Waals surface area contributed by atoms with Gasteiger partial charge in [-0.2, -0.15) is 0 Å². The molecule has 0 aromatic carbocycles. The topological polar surface area (TPSA) is 18.5 Å². The van der Waals surface area contributed by atoms with Gasteiger partial charge >= 0.3 is 0 Å². The standard InChI is InChI=1S/C26H46O2/c1-8-27-26(28-9-2)21-20-25(7)16-11-10-15-23(5)18-13-19-24(6)17-12-14-22(3)4/h14-16,19,26H,8-13,17-18,20-21H2,1-7H3/b23-15+,24-19+,25-16+. The molecule has 0 heterocycles. The Kier molecular flexibility index (Phi) is 17.2. The number of rotatable bonds is 16. The summed E-state index contributed by atoms with van der Waals surface area (Å²) in [7, 11) is 0. The molecule has 0 unspecified atom stereocenters. The molecule has 0 saturated heterocycles. The summed E-state index contributed by atoms with van der Waals surface area (Å²) < 4.78 is 11.2. The number of ether oxygens (including phenoxy) is 2. The highest BCUT2D eigenvalue weighted by Crippen LogP contribution is 2.14. The van der Waals surface area contributed by atoms with E-state index in [1.54, 1.807) is 0 Å². The fraction of sp³-hybridized carbons (Fsp3) is 0.692. The summed E-state index contributed by atoms with van der Waals surface area (Å²) >= 11 is 0. The first-order valence-electron chi connectivity index (χ1n) is 11.2. The van der Waals surface area contributed by atoms with Gasteiger partial charge in [0.2, 0.25) is 0 Å². The van der Waals surface area contributed by atoms with Crippen LogP contribution in [0.25, 0.3) is 0 Å². The van der Waals surface area contributed by atoms with E-state index in [1.807, 2.05) is 13.8 Å². The van der Waals surface area contributed by atoms with Crippen LogP contribution in [0.2, 0.25) is 0 Å². The first-order valence-corrected chi connectivity index (χ1v) is 11.2. The fourth-order valence-electron chi connectivity index (χ4n) is 3.03. The summed E-state index contributed by atoms with van der Waals surface area (Å²) in [5, 5.41) is 0. The molecule has 0 amide bonds. The molecular formula is C26H46O2. The third kappa shape index (κ3) is 17.0. The highest BCUT2D eigenvalue weighted by molar-refractivity contribution is 5.06. The second-order valence-electron chi connectivity index (χ2n) is 7.97. The van der Waals surface area contributed by atoms with Crippen LogP contribution < -0.4 is 0 Å². The SMILES string of the molecule is CCOC(CC/C(C)=C/CC/C=C(\C)CC/C=C(\C)CCC=C(C)C)OCC. The summed E-state index contributed by atoms with van der Waals surface area (Å²) in [5.41, 5.74) is 5.87. The quantitative estimate of drug-likeness (QED) is 0.150. The van der Waals surface area contributed by atoms with Crippen molar-refractivity contribution in [2.24, 2.45) is 0 Å². The van der Waals surface area contributed by atoms with Gasteiger partial charge in [0.15, 0.2) is 6.29 Å². The van der Waals surface area contributed by atoms with Crippen LogP contribution in [0.15, 0.2) is 46.6 Å². The van der Waals surface area contributed by atoms with Crippen molar-refractivity contribution in [1.29, 1.82) is 0 Å². The summed E-state index contributed by atoms with van der Waals surface area (Å²) in [6.45, 7) is 16.5. The molecular weight excluding hydrogens is 344 g/mol. The summed E-state index contributed by atoms with van der Waals surface area (Å²) in [6.07, 6.45) is 18.4. The van der Waals surface area contributed by atoms with Crippen LogP contribution in [0, 0.1) is 0 Å². The van der Waals surface area contributed by atoms with Gasteiger partial charge in [-0.15, -0.1) is 0 Å². The van der Waals surface area contributed by atoms with E-state index in [0.717, 1.165) is 32.1 Å². The summed E-state index contributed by atoms with van der Waals surface area (Å²) in [4.78, 5) is 0. The second-order valence-corrected chi connectivity index (χ2v) is 7.97. The molecule has 0 radical (unpaired) electrons. The van der Waals surface area contributed by atoms with Gasteiger partial charge in [-0.05, 0) is 93.4 Å². The Bertz CT molecular complexity index is 499. The summed E-state index contributed by atoms with van der Waals surface area (Å²) in [5.74, 6) is 0. The van der Waals surface area contributed by atoms with Crippen molar-refractivity contribution in [1.82, 2.24) is 0 Å². The van der Waals surface area contributed by atoms with Gasteiger partial charge in [-0.3, -0.25) is 0 Å². The molecule has 0 saturated carbocycles. The van der Waals surface area contributed by atoms with E-state index >= 15 is 0 Å². The van der Waals surface area contributed by atoms with Gasteiger partial charge in [-0.25, -0.2) is 0 Å². The van der Waals surface area contributed by atoms with Gasteiger partial charge in [0.05, 0.1) is 0 Å². The van der Waals surface area contributed by atoms with E-state index in [0.29, 0.717) is 13.2 Å².